The van der Waals surface area contributed by atoms with Crippen LogP contribution in [0.25, 0.3) is 0 Å². The first-order valence-electron chi connectivity index (χ1n) is 8.52. The highest BCUT2D eigenvalue weighted by Gasteiger charge is 2.20. The van der Waals surface area contributed by atoms with E-state index in [9.17, 15) is 9.18 Å². The van der Waals surface area contributed by atoms with Gasteiger partial charge in [0.25, 0.3) is 5.91 Å². The van der Waals surface area contributed by atoms with Crippen molar-refractivity contribution in [2.75, 3.05) is 7.05 Å². The summed E-state index contributed by atoms with van der Waals surface area (Å²) in [6.45, 7) is 5.63. The number of benzene rings is 2. The van der Waals surface area contributed by atoms with E-state index in [0.29, 0.717) is 17.0 Å². The highest BCUT2D eigenvalue weighted by atomic mass is 79.9. The fourth-order valence-corrected chi connectivity index (χ4v) is 4.14. The smallest absolute Gasteiger partial charge is 0.251 e. The molecular weight excluding hydrogens is 439 g/mol. The summed E-state index contributed by atoms with van der Waals surface area (Å²) in [7, 11) is 1.57. The van der Waals surface area contributed by atoms with Gasteiger partial charge in [-0.15, -0.1) is 0 Å². The molecule has 1 aliphatic heterocycles. The van der Waals surface area contributed by atoms with Crippen LogP contribution in [0.15, 0.2) is 91.7 Å². The van der Waals surface area contributed by atoms with Crippen LogP contribution in [-0.2, 0) is 4.79 Å². The Morgan fingerprint density at radius 3 is 2.75 bits per heavy atom. The molecule has 0 bridgehead atoms. The van der Waals surface area contributed by atoms with Crippen molar-refractivity contribution in [2.24, 2.45) is 4.99 Å². The Hall–Kier alpha value is -2.44. The van der Waals surface area contributed by atoms with E-state index in [1.54, 1.807) is 19.2 Å². The van der Waals surface area contributed by atoms with Crippen molar-refractivity contribution in [1.29, 1.82) is 0 Å². The van der Waals surface area contributed by atoms with Crippen molar-refractivity contribution in [2.45, 2.75) is 11.8 Å². The summed E-state index contributed by atoms with van der Waals surface area (Å²) in [5.41, 5.74) is 3.49. The molecule has 0 spiro atoms. The normalized spacial score (nSPS) is 14.1. The quantitative estimate of drug-likeness (QED) is 0.478. The van der Waals surface area contributed by atoms with Gasteiger partial charge in [0.15, 0.2) is 0 Å². The highest BCUT2D eigenvalue weighted by molar-refractivity contribution is 9.10. The van der Waals surface area contributed by atoms with Crippen LogP contribution in [0.5, 0.6) is 0 Å². The Morgan fingerprint density at radius 1 is 1.29 bits per heavy atom. The molecule has 6 heteroatoms. The molecule has 0 atom stereocenters. The first-order valence-corrected chi connectivity index (χ1v) is 10.1. The van der Waals surface area contributed by atoms with Gasteiger partial charge in [-0.2, -0.15) is 0 Å². The van der Waals surface area contributed by atoms with Gasteiger partial charge in [0, 0.05) is 38.0 Å². The number of carbonyl (C=O) groups is 1. The molecule has 28 heavy (non-hydrogen) atoms. The molecule has 3 nitrogen and oxygen atoms in total. The summed E-state index contributed by atoms with van der Waals surface area (Å²) in [4.78, 5) is 18.6. The van der Waals surface area contributed by atoms with Crippen LogP contribution >= 0.6 is 27.7 Å². The number of amides is 1. The van der Waals surface area contributed by atoms with E-state index in [2.05, 4.69) is 27.8 Å². The number of rotatable bonds is 4. The number of allylic oxidation sites excluding steroid dienone is 2. The number of nitrogens with zero attached hydrogens (tertiary/aromatic N) is 1. The predicted molar refractivity (Wildman–Crippen MR) is 117 cm³/mol. The molecule has 0 unspecified atom stereocenters. The Morgan fingerprint density at radius 2 is 2.07 bits per heavy atom. The molecule has 0 radical (unpaired) electrons. The number of aliphatic imine (C=N–C) groups is 1. The number of halogens is 2. The monoisotopic (exact) mass is 456 g/mol. The zero-order valence-electron chi connectivity index (χ0n) is 15.4. The lowest BCUT2D eigenvalue weighted by Crippen LogP contribution is -2.19. The van der Waals surface area contributed by atoms with Crippen molar-refractivity contribution < 1.29 is 9.18 Å². The minimum absolute atomic E-state index is 0.243. The van der Waals surface area contributed by atoms with Crippen molar-refractivity contribution in [3.63, 3.8) is 0 Å². The van der Waals surface area contributed by atoms with Crippen molar-refractivity contribution >= 4 is 39.3 Å². The third-order valence-electron chi connectivity index (χ3n) is 4.15. The standard InChI is InChI=1S/C22H18BrFN2OS/c1-4-14(22(27)25-3)11-19-13(2)28-20-12-17(24)8-9-18(20)21(26-19)15-6-5-7-16(23)10-15/h4-12H,1H2,2-3H3,(H,25,27)/b14-11+. The lowest BCUT2D eigenvalue weighted by molar-refractivity contribution is -0.116. The Labute approximate surface area is 176 Å². The van der Waals surface area contributed by atoms with Crippen molar-refractivity contribution in [1.82, 2.24) is 5.32 Å². The number of thioether (sulfide) groups is 1. The summed E-state index contributed by atoms with van der Waals surface area (Å²) in [6, 6.07) is 12.5. The molecule has 0 aromatic heterocycles. The van der Waals surface area contributed by atoms with E-state index in [1.165, 1.54) is 30.0 Å². The van der Waals surface area contributed by atoms with Gasteiger partial charge in [0.05, 0.1) is 11.4 Å². The first-order chi connectivity index (χ1) is 13.4. The molecule has 0 aliphatic carbocycles. The largest absolute Gasteiger partial charge is 0.355 e. The van der Waals surface area contributed by atoms with Gasteiger partial charge in [-0.25, -0.2) is 9.38 Å². The van der Waals surface area contributed by atoms with E-state index in [4.69, 9.17) is 4.99 Å². The van der Waals surface area contributed by atoms with Gasteiger partial charge in [-0.1, -0.05) is 52.5 Å². The number of hydrogen-bond donors (Lipinski definition) is 1. The highest BCUT2D eigenvalue weighted by Crippen LogP contribution is 2.37. The van der Waals surface area contributed by atoms with Crippen LogP contribution in [0.4, 0.5) is 4.39 Å². The molecule has 0 fully saturated rings. The number of nitrogens with one attached hydrogen (secondary N) is 1. The van der Waals surface area contributed by atoms with Gasteiger partial charge < -0.3 is 5.32 Å². The van der Waals surface area contributed by atoms with Crippen LogP contribution in [0.2, 0.25) is 0 Å². The first kappa shape index (κ1) is 20.3. The molecule has 1 aliphatic rings. The van der Waals surface area contributed by atoms with Crippen LogP contribution in [-0.4, -0.2) is 18.7 Å². The molecule has 0 saturated carbocycles. The molecule has 1 amide bonds. The summed E-state index contributed by atoms with van der Waals surface area (Å²) >= 11 is 4.93. The maximum absolute atomic E-state index is 13.9. The third kappa shape index (κ3) is 4.34. The Balaban J connectivity index is 2.25. The van der Waals surface area contributed by atoms with Gasteiger partial charge in [-0.05, 0) is 43.3 Å². The lowest BCUT2D eigenvalue weighted by atomic mass is 10.0. The average molecular weight is 457 g/mol. The summed E-state index contributed by atoms with van der Waals surface area (Å²) in [6.07, 6.45) is 3.20. The minimum Gasteiger partial charge on any atom is -0.355 e. The van der Waals surface area contributed by atoms with Crippen LogP contribution < -0.4 is 5.32 Å². The van der Waals surface area contributed by atoms with E-state index < -0.39 is 0 Å². The molecule has 1 heterocycles. The lowest BCUT2D eigenvalue weighted by Gasteiger charge is -2.10. The summed E-state index contributed by atoms with van der Waals surface area (Å²) in [5.74, 6) is -0.545. The molecule has 2 aromatic rings. The third-order valence-corrected chi connectivity index (χ3v) is 5.72. The molecule has 1 N–H and O–H groups in total. The molecule has 0 saturated heterocycles. The SMILES string of the molecule is C=C/C(=C\C1=C(C)Sc2cc(F)ccc2C(c2cccc(Br)c2)=N1)C(=O)NC. The topological polar surface area (TPSA) is 41.5 Å². The van der Waals surface area contributed by atoms with Crippen LogP contribution in [0, 0.1) is 5.82 Å². The van der Waals surface area contributed by atoms with Gasteiger partial charge in [0.1, 0.15) is 5.82 Å². The Bertz CT molecular complexity index is 1060. The number of fused-ring (bicyclic) bond motifs is 1. The maximum atomic E-state index is 13.9. The van der Waals surface area contributed by atoms with Crippen molar-refractivity contribution in [3.8, 4) is 0 Å². The maximum Gasteiger partial charge on any atom is 0.251 e. The molecule has 142 valence electrons. The Kier molecular flexibility index (Phi) is 6.31. The predicted octanol–water partition coefficient (Wildman–Crippen LogP) is 5.62. The van der Waals surface area contributed by atoms with Crippen LogP contribution in [0.1, 0.15) is 18.1 Å². The molecular formula is C22H18BrFN2OS. The van der Waals surface area contributed by atoms with Crippen molar-refractivity contribution in [3.05, 3.63) is 98.8 Å². The zero-order valence-corrected chi connectivity index (χ0v) is 17.8. The fourth-order valence-electron chi connectivity index (χ4n) is 2.75. The average Bonchev–Trinajstić information content (AvgIpc) is 2.81. The van der Waals surface area contributed by atoms with E-state index in [1.807, 2.05) is 31.2 Å². The number of hydrogen-bond acceptors (Lipinski definition) is 3. The minimum atomic E-state index is -0.302. The van der Waals surface area contributed by atoms with Crippen LogP contribution in [0.3, 0.4) is 0 Å². The second-order valence-corrected chi connectivity index (χ2v) is 8.21. The van der Waals surface area contributed by atoms with E-state index in [-0.39, 0.29) is 11.7 Å². The van der Waals surface area contributed by atoms with Gasteiger partial charge >= 0.3 is 0 Å². The zero-order chi connectivity index (χ0) is 20.3. The number of likely N-dealkylation sites (N-methyl/N-ethyl adjacent to an activating group) is 1. The molecule has 2 aromatic carbocycles. The molecule has 3 rings (SSSR count). The van der Waals surface area contributed by atoms with E-state index >= 15 is 0 Å². The second-order valence-electron chi connectivity index (χ2n) is 6.04. The second kappa shape index (κ2) is 8.71. The number of carbonyl (C=O) groups excluding carboxylic acids is 1. The summed E-state index contributed by atoms with van der Waals surface area (Å²) in [5, 5.41) is 2.60. The van der Waals surface area contributed by atoms with Gasteiger partial charge in [0.2, 0.25) is 0 Å². The summed E-state index contributed by atoms with van der Waals surface area (Å²) < 4.78 is 14.8. The van der Waals surface area contributed by atoms with E-state index in [0.717, 1.165) is 25.4 Å². The van der Waals surface area contributed by atoms with Gasteiger partial charge in [-0.3, -0.25) is 4.79 Å². The fraction of sp³-hybridized carbons (Fsp3) is 0.0909.